The normalized spacial score (nSPS) is 20.0. The van der Waals surface area contributed by atoms with Crippen LogP contribution < -0.4 is 4.74 Å². The number of likely N-dealkylation sites (tertiary alicyclic amines) is 1. The van der Waals surface area contributed by atoms with Crippen LogP contribution in [0.5, 0.6) is 5.75 Å². The number of hydrogen-bond acceptors (Lipinski definition) is 4. The van der Waals surface area contributed by atoms with Crippen molar-refractivity contribution in [2.24, 2.45) is 0 Å². The number of carbonyl (C=O) groups is 1. The second-order valence-corrected chi connectivity index (χ2v) is 5.78. The molecule has 5 nitrogen and oxygen atoms in total. The Balaban J connectivity index is 1.75. The smallest absolute Gasteiger partial charge is 0.410 e. The standard InChI is InChI=1S/C19H21NO4/c1-23-17-10-6-5-9-15(17)18-16(21)11-12-20(18)19(22)24-13-14-7-3-2-4-8-14/h2-10,16,18,21H,11-13H2,1H3/t16-,18-/m1/s1. The van der Waals surface area contributed by atoms with E-state index in [1.807, 2.05) is 54.6 Å². The van der Waals surface area contributed by atoms with Gasteiger partial charge < -0.3 is 14.6 Å². The maximum absolute atomic E-state index is 12.5. The number of aliphatic hydroxyl groups excluding tert-OH is 1. The van der Waals surface area contributed by atoms with E-state index in [1.165, 1.54) is 0 Å². The van der Waals surface area contributed by atoms with Crippen molar-refractivity contribution in [2.75, 3.05) is 13.7 Å². The Hall–Kier alpha value is -2.53. The zero-order valence-corrected chi connectivity index (χ0v) is 13.6. The molecule has 1 amide bonds. The molecule has 0 bridgehead atoms. The molecule has 1 saturated heterocycles. The van der Waals surface area contributed by atoms with E-state index in [0.29, 0.717) is 18.7 Å². The van der Waals surface area contributed by atoms with Gasteiger partial charge in [-0.25, -0.2) is 4.79 Å². The maximum Gasteiger partial charge on any atom is 0.410 e. The molecule has 0 saturated carbocycles. The first-order valence-electron chi connectivity index (χ1n) is 7.99. The SMILES string of the molecule is COc1ccccc1[C@@H]1[C@H](O)CCN1C(=O)OCc1ccccc1. The highest BCUT2D eigenvalue weighted by molar-refractivity contribution is 5.69. The van der Waals surface area contributed by atoms with Gasteiger partial charge in [-0.2, -0.15) is 0 Å². The summed E-state index contributed by atoms with van der Waals surface area (Å²) in [7, 11) is 1.58. The monoisotopic (exact) mass is 327 g/mol. The Morgan fingerprint density at radius 1 is 1.17 bits per heavy atom. The van der Waals surface area contributed by atoms with Crippen LogP contribution in [0, 0.1) is 0 Å². The highest BCUT2D eigenvalue weighted by Crippen LogP contribution is 2.37. The number of aliphatic hydroxyl groups is 1. The molecule has 5 heteroatoms. The van der Waals surface area contributed by atoms with Gasteiger partial charge in [0.05, 0.1) is 19.3 Å². The quantitative estimate of drug-likeness (QED) is 0.937. The van der Waals surface area contributed by atoms with Gasteiger partial charge in [-0.1, -0.05) is 48.5 Å². The van der Waals surface area contributed by atoms with Crippen LogP contribution in [0.15, 0.2) is 54.6 Å². The minimum absolute atomic E-state index is 0.213. The number of hydrogen-bond donors (Lipinski definition) is 1. The first-order valence-corrected chi connectivity index (χ1v) is 7.99. The van der Waals surface area contributed by atoms with E-state index < -0.39 is 18.2 Å². The lowest BCUT2D eigenvalue weighted by Gasteiger charge is -2.27. The van der Waals surface area contributed by atoms with Crippen LogP contribution in [0.2, 0.25) is 0 Å². The Kier molecular flexibility index (Phi) is 5.01. The van der Waals surface area contributed by atoms with Crippen LogP contribution in [0.3, 0.4) is 0 Å². The van der Waals surface area contributed by atoms with Crippen LogP contribution in [-0.4, -0.2) is 35.9 Å². The molecule has 0 spiro atoms. The number of nitrogens with zero attached hydrogens (tertiary/aromatic N) is 1. The summed E-state index contributed by atoms with van der Waals surface area (Å²) in [4.78, 5) is 14.1. The lowest BCUT2D eigenvalue weighted by Crippen LogP contribution is -2.34. The van der Waals surface area contributed by atoms with Crippen molar-refractivity contribution in [2.45, 2.75) is 25.2 Å². The Bertz CT molecular complexity index is 689. The van der Waals surface area contributed by atoms with E-state index >= 15 is 0 Å². The summed E-state index contributed by atoms with van der Waals surface area (Å²) in [6, 6.07) is 16.5. The van der Waals surface area contributed by atoms with Crippen molar-refractivity contribution in [3.8, 4) is 5.75 Å². The fourth-order valence-corrected chi connectivity index (χ4v) is 3.07. The van der Waals surface area contributed by atoms with Gasteiger partial charge in [0.2, 0.25) is 0 Å². The van der Waals surface area contributed by atoms with Gasteiger partial charge in [-0.3, -0.25) is 4.90 Å². The summed E-state index contributed by atoms with van der Waals surface area (Å²) >= 11 is 0. The summed E-state index contributed by atoms with van der Waals surface area (Å²) in [6.07, 6.45) is -0.541. The van der Waals surface area contributed by atoms with Gasteiger partial charge in [0.15, 0.2) is 0 Å². The number of para-hydroxylation sites is 1. The lowest BCUT2D eigenvalue weighted by molar-refractivity contribution is 0.0707. The van der Waals surface area contributed by atoms with Crippen LogP contribution in [0.4, 0.5) is 4.79 Å². The minimum atomic E-state index is -0.634. The second kappa shape index (κ2) is 7.36. The van der Waals surface area contributed by atoms with Crippen LogP contribution in [0.25, 0.3) is 0 Å². The third-order valence-electron chi connectivity index (χ3n) is 4.26. The molecule has 3 rings (SSSR count). The number of methoxy groups -OCH3 is 1. The summed E-state index contributed by atoms with van der Waals surface area (Å²) in [5.74, 6) is 0.657. The van der Waals surface area contributed by atoms with Crippen molar-refractivity contribution >= 4 is 6.09 Å². The van der Waals surface area contributed by atoms with Gasteiger partial charge in [-0.05, 0) is 18.1 Å². The van der Waals surface area contributed by atoms with Crippen LogP contribution in [0.1, 0.15) is 23.6 Å². The molecule has 0 radical (unpaired) electrons. The topological polar surface area (TPSA) is 59.0 Å². The highest BCUT2D eigenvalue weighted by Gasteiger charge is 2.39. The Morgan fingerprint density at radius 3 is 2.62 bits per heavy atom. The molecule has 1 N–H and O–H groups in total. The summed E-state index contributed by atoms with van der Waals surface area (Å²) in [6.45, 7) is 0.669. The average Bonchev–Trinajstić information content (AvgIpc) is 3.02. The number of amides is 1. The molecule has 0 aliphatic carbocycles. The van der Waals surface area contributed by atoms with Crippen LogP contribution in [-0.2, 0) is 11.3 Å². The Morgan fingerprint density at radius 2 is 1.88 bits per heavy atom. The van der Waals surface area contributed by atoms with Gasteiger partial charge in [0.25, 0.3) is 0 Å². The molecule has 2 atom stereocenters. The fourth-order valence-electron chi connectivity index (χ4n) is 3.07. The molecule has 126 valence electrons. The molecule has 0 unspecified atom stereocenters. The maximum atomic E-state index is 12.5. The number of ether oxygens (including phenoxy) is 2. The predicted octanol–water partition coefficient (Wildman–Crippen LogP) is 3.14. The van der Waals surface area contributed by atoms with E-state index in [2.05, 4.69) is 0 Å². The number of carbonyl (C=O) groups excluding carboxylic acids is 1. The van der Waals surface area contributed by atoms with Gasteiger partial charge >= 0.3 is 6.09 Å². The fraction of sp³-hybridized carbons (Fsp3) is 0.316. The minimum Gasteiger partial charge on any atom is -0.496 e. The van der Waals surface area contributed by atoms with Gasteiger partial charge in [0, 0.05) is 12.1 Å². The van der Waals surface area contributed by atoms with E-state index in [-0.39, 0.29) is 6.61 Å². The van der Waals surface area contributed by atoms with Crippen molar-refractivity contribution < 1.29 is 19.4 Å². The number of benzene rings is 2. The second-order valence-electron chi connectivity index (χ2n) is 5.78. The highest BCUT2D eigenvalue weighted by atomic mass is 16.6. The zero-order valence-electron chi connectivity index (χ0n) is 13.6. The lowest BCUT2D eigenvalue weighted by atomic mass is 10.0. The van der Waals surface area contributed by atoms with Gasteiger partial charge in [-0.15, -0.1) is 0 Å². The van der Waals surface area contributed by atoms with Crippen LogP contribution >= 0.6 is 0 Å². The molecule has 0 aromatic heterocycles. The molecule has 2 aromatic rings. The summed E-state index contributed by atoms with van der Waals surface area (Å²) < 4.78 is 10.8. The van der Waals surface area contributed by atoms with Crippen molar-refractivity contribution in [3.05, 3.63) is 65.7 Å². The third kappa shape index (κ3) is 3.36. The molecule has 24 heavy (non-hydrogen) atoms. The Labute approximate surface area is 141 Å². The molecule has 1 fully saturated rings. The number of rotatable bonds is 4. The van der Waals surface area contributed by atoms with E-state index in [9.17, 15) is 9.90 Å². The summed E-state index contributed by atoms with van der Waals surface area (Å²) in [5.41, 5.74) is 1.72. The molecule has 1 heterocycles. The van der Waals surface area contributed by atoms with E-state index in [4.69, 9.17) is 9.47 Å². The molecule has 1 aliphatic heterocycles. The van der Waals surface area contributed by atoms with E-state index in [1.54, 1.807) is 12.0 Å². The molecule has 2 aromatic carbocycles. The van der Waals surface area contributed by atoms with Crippen molar-refractivity contribution in [3.63, 3.8) is 0 Å². The largest absolute Gasteiger partial charge is 0.496 e. The average molecular weight is 327 g/mol. The molecular weight excluding hydrogens is 306 g/mol. The first kappa shape index (κ1) is 16.3. The zero-order chi connectivity index (χ0) is 16.9. The van der Waals surface area contributed by atoms with E-state index in [0.717, 1.165) is 11.1 Å². The predicted molar refractivity (Wildman–Crippen MR) is 89.7 cm³/mol. The van der Waals surface area contributed by atoms with Crippen molar-refractivity contribution in [1.29, 1.82) is 0 Å². The van der Waals surface area contributed by atoms with Gasteiger partial charge in [0.1, 0.15) is 12.4 Å². The molecule has 1 aliphatic rings. The first-order chi connectivity index (χ1) is 11.7. The third-order valence-corrected chi connectivity index (χ3v) is 4.26. The van der Waals surface area contributed by atoms with Crippen molar-refractivity contribution in [1.82, 2.24) is 4.90 Å². The summed E-state index contributed by atoms with van der Waals surface area (Å²) in [5, 5.41) is 10.4. The molecular formula is C19H21NO4.